The molecule has 1 aromatic heterocycles. The smallest absolute Gasteiger partial charge is 0.341 e. The third kappa shape index (κ3) is 4.27. The summed E-state index contributed by atoms with van der Waals surface area (Å²) in [5, 5.41) is 21.9. The minimum absolute atomic E-state index is 0.0511. The van der Waals surface area contributed by atoms with Crippen LogP contribution in [0.3, 0.4) is 0 Å². The lowest BCUT2D eigenvalue weighted by Crippen LogP contribution is -2.15. The number of thiophene rings is 1. The Balaban J connectivity index is 2.35. The highest BCUT2D eigenvalue weighted by atomic mass is 32.1. The highest BCUT2D eigenvalue weighted by Crippen LogP contribution is 2.33. The molecular weight excluding hydrogens is 368 g/mol. The van der Waals surface area contributed by atoms with Gasteiger partial charge in [-0.05, 0) is 43.2 Å². The Morgan fingerprint density at radius 1 is 1.30 bits per heavy atom. The summed E-state index contributed by atoms with van der Waals surface area (Å²) >= 11 is 1.23. The summed E-state index contributed by atoms with van der Waals surface area (Å²) in [5.41, 5.74) is 1.33. The second-order valence-electron chi connectivity index (χ2n) is 5.53. The van der Waals surface area contributed by atoms with E-state index in [0.29, 0.717) is 16.1 Å². The fourth-order valence-corrected chi connectivity index (χ4v) is 3.38. The van der Waals surface area contributed by atoms with Crippen LogP contribution in [0.1, 0.15) is 26.4 Å². The molecule has 7 nitrogen and oxygen atoms in total. The lowest BCUT2D eigenvalue weighted by atomic mass is 10.1. The zero-order chi connectivity index (χ0) is 20.1. The van der Waals surface area contributed by atoms with Crippen molar-refractivity contribution in [3.05, 3.63) is 45.3 Å². The van der Waals surface area contributed by atoms with Crippen molar-refractivity contribution < 1.29 is 24.2 Å². The number of carbonyl (C=O) groups excluding carboxylic acids is 2. The van der Waals surface area contributed by atoms with Gasteiger partial charge in [0.05, 0.1) is 19.8 Å². The van der Waals surface area contributed by atoms with Gasteiger partial charge in [-0.1, -0.05) is 6.07 Å². The number of phenolic OH excluding ortho intramolecular Hbond substituents is 1. The van der Waals surface area contributed by atoms with Gasteiger partial charge in [0.2, 0.25) is 0 Å². The minimum atomic E-state index is -0.657. The van der Waals surface area contributed by atoms with E-state index in [9.17, 15) is 20.0 Å². The first-order valence-corrected chi connectivity index (χ1v) is 8.62. The molecule has 1 heterocycles. The second-order valence-corrected chi connectivity index (χ2v) is 6.76. The fraction of sp³-hybridized carbons (Fsp3) is 0.211. The van der Waals surface area contributed by atoms with Crippen molar-refractivity contribution in [1.82, 2.24) is 0 Å². The monoisotopic (exact) mass is 386 g/mol. The average molecular weight is 386 g/mol. The molecule has 140 valence electrons. The number of amides is 1. The van der Waals surface area contributed by atoms with E-state index in [4.69, 9.17) is 9.47 Å². The molecule has 0 unspecified atom stereocenters. The van der Waals surface area contributed by atoms with E-state index >= 15 is 0 Å². The molecule has 0 aliphatic rings. The highest BCUT2D eigenvalue weighted by Gasteiger charge is 2.22. The molecule has 0 saturated heterocycles. The van der Waals surface area contributed by atoms with Crippen molar-refractivity contribution in [2.24, 2.45) is 0 Å². The number of phenols is 1. The number of nitriles is 1. The predicted molar refractivity (Wildman–Crippen MR) is 102 cm³/mol. The molecule has 2 rings (SSSR count). The van der Waals surface area contributed by atoms with Gasteiger partial charge in [0.15, 0.2) is 11.5 Å². The van der Waals surface area contributed by atoms with E-state index in [-0.39, 0.29) is 22.6 Å². The quantitative estimate of drug-likeness (QED) is 0.463. The van der Waals surface area contributed by atoms with Gasteiger partial charge in [0, 0.05) is 4.88 Å². The van der Waals surface area contributed by atoms with Crippen LogP contribution in [0.5, 0.6) is 11.5 Å². The molecule has 0 fully saturated rings. The summed E-state index contributed by atoms with van der Waals surface area (Å²) in [7, 11) is 2.66. The molecule has 8 heteroatoms. The van der Waals surface area contributed by atoms with Crippen LogP contribution >= 0.6 is 11.3 Å². The molecule has 1 amide bonds. The first-order chi connectivity index (χ1) is 12.8. The van der Waals surface area contributed by atoms with E-state index in [1.54, 1.807) is 13.0 Å². The molecule has 0 atom stereocenters. The van der Waals surface area contributed by atoms with Crippen LogP contribution in [-0.2, 0) is 9.53 Å². The summed E-state index contributed by atoms with van der Waals surface area (Å²) in [6.45, 7) is 3.59. The van der Waals surface area contributed by atoms with Gasteiger partial charge in [0.25, 0.3) is 5.91 Å². The molecule has 2 aromatic rings. The number of ether oxygens (including phenoxy) is 2. The number of aryl methyl sites for hydroxylation is 1. The lowest BCUT2D eigenvalue weighted by Gasteiger charge is -2.06. The second kappa shape index (κ2) is 8.38. The molecule has 0 aliphatic carbocycles. The fourth-order valence-electron chi connectivity index (χ4n) is 2.33. The van der Waals surface area contributed by atoms with Crippen molar-refractivity contribution in [2.75, 3.05) is 19.5 Å². The van der Waals surface area contributed by atoms with Gasteiger partial charge in [-0.15, -0.1) is 11.3 Å². The van der Waals surface area contributed by atoms with Crippen molar-refractivity contribution in [2.45, 2.75) is 13.8 Å². The summed E-state index contributed by atoms with van der Waals surface area (Å²) in [5.74, 6) is -1.04. The molecule has 0 spiro atoms. The van der Waals surface area contributed by atoms with Crippen LogP contribution in [0.4, 0.5) is 5.00 Å². The summed E-state index contributed by atoms with van der Waals surface area (Å²) in [4.78, 5) is 25.4. The zero-order valence-corrected chi connectivity index (χ0v) is 16.1. The summed E-state index contributed by atoms with van der Waals surface area (Å²) in [6.07, 6.45) is 1.36. The van der Waals surface area contributed by atoms with E-state index in [2.05, 4.69) is 5.32 Å². The Labute approximate surface area is 160 Å². The Morgan fingerprint density at radius 2 is 2.00 bits per heavy atom. The Hall–Kier alpha value is -3.31. The summed E-state index contributed by atoms with van der Waals surface area (Å²) < 4.78 is 9.79. The minimum Gasteiger partial charge on any atom is -0.504 e. The molecule has 0 saturated carbocycles. The normalized spacial score (nSPS) is 10.9. The number of anilines is 1. The number of hydrogen-bond donors (Lipinski definition) is 2. The topological polar surface area (TPSA) is 109 Å². The Morgan fingerprint density at radius 3 is 2.59 bits per heavy atom. The number of carbonyl (C=O) groups is 2. The van der Waals surface area contributed by atoms with Crippen LogP contribution in [-0.4, -0.2) is 31.2 Å². The Kier molecular flexibility index (Phi) is 6.21. The molecule has 0 aliphatic heterocycles. The largest absolute Gasteiger partial charge is 0.504 e. The van der Waals surface area contributed by atoms with E-state index in [1.807, 2.05) is 13.0 Å². The maximum Gasteiger partial charge on any atom is 0.341 e. The number of nitrogens with one attached hydrogen (secondary N) is 1. The van der Waals surface area contributed by atoms with Gasteiger partial charge < -0.3 is 19.9 Å². The van der Waals surface area contributed by atoms with Gasteiger partial charge in [-0.25, -0.2) is 4.79 Å². The van der Waals surface area contributed by atoms with Crippen LogP contribution in [0.15, 0.2) is 23.8 Å². The van der Waals surface area contributed by atoms with Gasteiger partial charge in [-0.2, -0.15) is 5.26 Å². The third-order valence-corrected chi connectivity index (χ3v) is 5.00. The van der Waals surface area contributed by atoms with Crippen molar-refractivity contribution in [3.8, 4) is 17.6 Å². The molecule has 1 aromatic carbocycles. The predicted octanol–water partition coefficient (Wildman–Crippen LogP) is 3.41. The molecule has 27 heavy (non-hydrogen) atoms. The number of esters is 1. The standard InChI is InChI=1S/C19H18N2O5S/c1-10-11(2)27-18(16(10)19(24)26-4)21-17(23)13(9-20)7-12-5-6-14(22)15(8-12)25-3/h5-8,22H,1-4H3,(H,21,23). The van der Waals surface area contributed by atoms with E-state index < -0.39 is 11.9 Å². The number of benzene rings is 1. The third-order valence-electron chi connectivity index (χ3n) is 3.88. The number of nitrogens with zero attached hydrogens (tertiary/aromatic N) is 1. The van der Waals surface area contributed by atoms with Crippen molar-refractivity contribution in [1.29, 1.82) is 5.26 Å². The van der Waals surface area contributed by atoms with Crippen molar-refractivity contribution >= 4 is 34.3 Å². The molecular formula is C19H18N2O5S. The van der Waals surface area contributed by atoms with Gasteiger partial charge in [0.1, 0.15) is 16.6 Å². The van der Waals surface area contributed by atoms with E-state index in [0.717, 1.165) is 4.88 Å². The number of aromatic hydroxyl groups is 1. The molecule has 2 N–H and O–H groups in total. The summed E-state index contributed by atoms with van der Waals surface area (Å²) in [6, 6.07) is 6.29. The molecule has 0 bridgehead atoms. The van der Waals surface area contributed by atoms with E-state index in [1.165, 1.54) is 43.8 Å². The van der Waals surface area contributed by atoms with Crippen LogP contribution in [0, 0.1) is 25.2 Å². The maximum absolute atomic E-state index is 12.5. The first kappa shape index (κ1) is 20.0. The first-order valence-electron chi connectivity index (χ1n) is 7.80. The van der Waals surface area contributed by atoms with Crippen LogP contribution in [0.2, 0.25) is 0 Å². The number of methoxy groups -OCH3 is 2. The van der Waals surface area contributed by atoms with Crippen molar-refractivity contribution in [3.63, 3.8) is 0 Å². The SMILES string of the molecule is COC(=O)c1c(NC(=O)C(C#N)=Cc2ccc(O)c(OC)c2)sc(C)c1C. The highest BCUT2D eigenvalue weighted by molar-refractivity contribution is 7.16. The van der Waals surface area contributed by atoms with Crippen LogP contribution < -0.4 is 10.1 Å². The number of hydrogen-bond acceptors (Lipinski definition) is 7. The van der Waals surface area contributed by atoms with Gasteiger partial charge >= 0.3 is 5.97 Å². The Bertz CT molecular complexity index is 969. The lowest BCUT2D eigenvalue weighted by molar-refractivity contribution is -0.112. The average Bonchev–Trinajstić information content (AvgIpc) is 2.93. The zero-order valence-electron chi connectivity index (χ0n) is 15.2. The maximum atomic E-state index is 12.5. The van der Waals surface area contributed by atoms with Crippen LogP contribution in [0.25, 0.3) is 6.08 Å². The number of rotatable bonds is 5. The molecule has 0 radical (unpaired) electrons. The van der Waals surface area contributed by atoms with Gasteiger partial charge in [-0.3, -0.25) is 4.79 Å².